The minimum atomic E-state index is -0.500. The maximum atomic E-state index is 14.0. The van der Waals surface area contributed by atoms with Crippen LogP contribution >= 0.6 is 0 Å². The Bertz CT molecular complexity index is 1050. The average Bonchev–Trinajstić information content (AvgIpc) is 3.26. The molecule has 0 bridgehead atoms. The fourth-order valence-corrected chi connectivity index (χ4v) is 2.47. The van der Waals surface area contributed by atoms with Gasteiger partial charge in [0.1, 0.15) is 17.8 Å². The maximum absolute atomic E-state index is 14.0. The monoisotopic (exact) mass is 350 g/mol. The van der Waals surface area contributed by atoms with Gasteiger partial charge >= 0.3 is 0 Å². The summed E-state index contributed by atoms with van der Waals surface area (Å²) in [6, 6.07) is 7.51. The van der Waals surface area contributed by atoms with E-state index in [0.29, 0.717) is 17.3 Å². The predicted octanol–water partition coefficient (Wildman–Crippen LogP) is 2.65. The molecule has 0 saturated carbocycles. The zero-order valence-electron chi connectivity index (χ0n) is 14.1. The molecule has 0 atom stereocenters. The first-order valence-electron chi connectivity index (χ1n) is 7.86. The summed E-state index contributed by atoms with van der Waals surface area (Å²) >= 11 is 0. The number of rotatable bonds is 4. The van der Waals surface area contributed by atoms with E-state index in [9.17, 15) is 4.39 Å². The molecule has 130 valence electrons. The Kier molecular flexibility index (Phi) is 3.88. The van der Waals surface area contributed by atoms with Crippen LogP contribution in [0.2, 0.25) is 0 Å². The van der Waals surface area contributed by atoms with Crippen molar-refractivity contribution < 1.29 is 4.39 Å². The first kappa shape index (κ1) is 15.9. The van der Waals surface area contributed by atoms with Gasteiger partial charge < -0.3 is 5.32 Å². The van der Waals surface area contributed by atoms with Gasteiger partial charge in [-0.2, -0.15) is 10.2 Å². The predicted molar refractivity (Wildman–Crippen MR) is 93.6 cm³/mol. The van der Waals surface area contributed by atoms with Crippen LogP contribution in [-0.4, -0.2) is 34.5 Å². The van der Waals surface area contributed by atoms with Gasteiger partial charge in [-0.25, -0.2) is 24.0 Å². The van der Waals surface area contributed by atoms with E-state index in [2.05, 4.69) is 30.5 Å². The van der Waals surface area contributed by atoms with Gasteiger partial charge in [-0.3, -0.25) is 4.68 Å². The van der Waals surface area contributed by atoms with Gasteiger partial charge in [0.15, 0.2) is 5.82 Å². The van der Waals surface area contributed by atoms with Gasteiger partial charge in [0.2, 0.25) is 5.95 Å². The standard InChI is InChI=1S/C17H15FN8/c1-11-20-10-26(24-11)14-5-3-13(4-6-14)22-17-19-8-15(18)16(23-17)12-7-21-25(2)9-12/h3-10H,1-2H3,(H,19,22,23). The maximum Gasteiger partial charge on any atom is 0.227 e. The highest BCUT2D eigenvalue weighted by Gasteiger charge is 2.11. The second-order valence-corrected chi connectivity index (χ2v) is 5.70. The highest BCUT2D eigenvalue weighted by atomic mass is 19.1. The lowest BCUT2D eigenvalue weighted by atomic mass is 10.2. The Morgan fingerprint density at radius 2 is 1.88 bits per heavy atom. The Balaban J connectivity index is 1.57. The first-order chi connectivity index (χ1) is 12.6. The lowest BCUT2D eigenvalue weighted by Crippen LogP contribution is -2.01. The zero-order valence-corrected chi connectivity index (χ0v) is 14.1. The third-order valence-electron chi connectivity index (χ3n) is 3.72. The van der Waals surface area contributed by atoms with Gasteiger partial charge in [-0.05, 0) is 31.2 Å². The number of aromatic nitrogens is 7. The summed E-state index contributed by atoms with van der Waals surface area (Å²) < 4.78 is 17.3. The molecule has 0 fully saturated rings. The van der Waals surface area contributed by atoms with Crippen molar-refractivity contribution in [2.75, 3.05) is 5.32 Å². The average molecular weight is 350 g/mol. The van der Waals surface area contributed by atoms with Crippen LogP contribution in [0.5, 0.6) is 0 Å². The molecular formula is C17H15FN8. The molecule has 0 unspecified atom stereocenters. The SMILES string of the molecule is Cc1ncn(-c2ccc(Nc3ncc(F)c(-c4cnn(C)c4)n3)cc2)n1. The van der Waals surface area contributed by atoms with Crippen molar-refractivity contribution in [2.45, 2.75) is 6.92 Å². The number of hydrogen-bond donors (Lipinski definition) is 1. The number of aryl methyl sites for hydroxylation is 2. The fraction of sp³-hybridized carbons (Fsp3) is 0.118. The lowest BCUT2D eigenvalue weighted by Gasteiger charge is -2.07. The zero-order chi connectivity index (χ0) is 18.1. The van der Waals surface area contributed by atoms with Crippen LogP contribution in [-0.2, 0) is 7.05 Å². The topological polar surface area (TPSA) is 86.3 Å². The Morgan fingerprint density at radius 3 is 2.54 bits per heavy atom. The van der Waals surface area contributed by atoms with Gasteiger partial charge in [0.05, 0.1) is 18.1 Å². The highest BCUT2D eigenvalue weighted by Crippen LogP contribution is 2.22. The van der Waals surface area contributed by atoms with E-state index >= 15 is 0 Å². The van der Waals surface area contributed by atoms with E-state index in [1.807, 2.05) is 31.2 Å². The highest BCUT2D eigenvalue weighted by molar-refractivity contribution is 5.61. The Hall–Kier alpha value is -3.62. The molecule has 8 nitrogen and oxygen atoms in total. The molecule has 0 amide bonds. The molecule has 0 aliphatic rings. The van der Waals surface area contributed by atoms with Crippen molar-refractivity contribution in [3.8, 4) is 16.9 Å². The summed E-state index contributed by atoms with van der Waals surface area (Å²) in [4.78, 5) is 12.4. The third-order valence-corrected chi connectivity index (χ3v) is 3.72. The van der Waals surface area contributed by atoms with Crippen LogP contribution in [0.4, 0.5) is 16.0 Å². The normalized spacial score (nSPS) is 10.9. The number of anilines is 2. The molecule has 26 heavy (non-hydrogen) atoms. The lowest BCUT2D eigenvalue weighted by molar-refractivity contribution is 0.619. The van der Waals surface area contributed by atoms with Crippen LogP contribution in [0.15, 0.2) is 49.2 Å². The van der Waals surface area contributed by atoms with Gasteiger partial charge in [-0.1, -0.05) is 0 Å². The number of hydrogen-bond acceptors (Lipinski definition) is 6. The molecule has 3 aromatic heterocycles. The van der Waals surface area contributed by atoms with Crippen LogP contribution in [0.3, 0.4) is 0 Å². The second kappa shape index (κ2) is 6.36. The Morgan fingerprint density at radius 1 is 1.08 bits per heavy atom. The van der Waals surface area contributed by atoms with Gasteiger partial charge in [0, 0.05) is 24.5 Å². The second-order valence-electron chi connectivity index (χ2n) is 5.70. The molecule has 0 aliphatic carbocycles. The van der Waals surface area contributed by atoms with Crippen molar-refractivity contribution in [1.29, 1.82) is 0 Å². The summed E-state index contributed by atoms with van der Waals surface area (Å²) in [7, 11) is 1.76. The van der Waals surface area contributed by atoms with Crippen LogP contribution < -0.4 is 5.32 Å². The minimum absolute atomic E-state index is 0.199. The molecule has 1 N–H and O–H groups in total. The summed E-state index contributed by atoms with van der Waals surface area (Å²) in [5.41, 5.74) is 2.44. The molecule has 4 aromatic rings. The van der Waals surface area contributed by atoms with E-state index < -0.39 is 5.82 Å². The molecular weight excluding hydrogens is 335 g/mol. The first-order valence-corrected chi connectivity index (χ1v) is 7.86. The summed E-state index contributed by atoms with van der Waals surface area (Å²) in [6.45, 7) is 1.83. The van der Waals surface area contributed by atoms with E-state index in [1.165, 1.54) is 0 Å². The molecule has 4 rings (SSSR count). The van der Waals surface area contributed by atoms with Crippen molar-refractivity contribution >= 4 is 11.6 Å². The van der Waals surface area contributed by atoms with Crippen molar-refractivity contribution in [3.63, 3.8) is 0 Å². The van der Waals surface area contributed by atoms with Crippen LogP contribution in [0.1, 0.15) is 5.82 Å². The quantitative estimate of drug-likeness (QED) is 0.609. The number of benzene rings is 1. The van der Waals surface area contributed by atoms with E-state index in [0.717, 1.165) is 17.6 Å². The van der Waals surface area contributed by atoms with Crippen LogP contribution in [0.25, 0.3) is 16.9 Å². The van der Waals surface area contributed by atoms with Gasteiger partial charge in [-0.15, -0.1) is 0 Å². The molecule has 9 heteroatoms. The molecule has 3 heterocycles. The molecule has 0 aliphatic heterocycles. The van der Waals surface area contributed by atoms with Crippen molar-refractivity contribution in [1.82, 2.24) is 34.5 Å². The number of nitrogens with zero attached hydrogens (tertiary/aromatic N) is 7. The van der Waals surface area contributed by atoms with Crippen molar-refractivity contribution in [2.24, 2.45) is 7.05 Å². The fourth-order valence-electron chi connectivity index (χ4n) is 2.47. The Labute approximate surface area is 148 Å². The van der Waals surface area contributed by atoms with Crippen molar-refractivity contribution in [3.05, 3.63) is 60.8 Å². The molecule has 0 radical (unpaired) electrons. The van der Waals surface area contributed by atoms with E-state index in [1.54, 1.807) is 35.1 Å². The number of halogens is 1. The summed E-state index contributed by atoms with van der Waals surface area (Å²) in [5.74, 6) is 0.505. The smallest absolute Gasteiger partial charge is 0.227 e. The van der Waals surface area contributed by atoms with Crippen LogP contribution in [0, 0.1) is 12.7 Å². The minimum Gasteiger partial charge on any atom is -0.324 e. The molecule has 1 aromatic carbocycles. The summed E-state index contributed by atoms with van der Waals surface area (Å²) in [6.07, 6.45) is 6.05. The molecule has 0 spiro atoms. The number of nitrogens with one attached hydrogen (secondary N) is 1. The van der Waals surface area contributed by atoms with E-state index in [4.69, 9.17) is 0 Å². The van der Waals surface area contributed by atoms with E-state index in [-0.39, 0.29) is 5.69 Å². The third kappa shape index (κ3) is 3.14. The molecule has 0 saturated heterocycles. The summed E-state index contributed by atoms with van der Waals surface area (Å²) in [5, 5.41) is 11.4. The van der Waals surface area contributed by atoms with Gasteiger partial charge in [0.25, 0.3) is 0 Å². The largest absolute Gasteiger partial charge is 0.324 e.